The third-order valence-electron chi connectivity index (χ3n) is 2.67. The standard InChI is InChI=1S/C11H10F5N3OS/c1-7(21(2,20)19-6-17)8-3-4-9(18-5-8)10(12,13)11(14,15)16/h3-5H,1-2H3,(H,19,20). The second kappa shape index (κ2) is 5.48. The molecular formula is C11H10F5N3OS. The highest BCUT2D eigenvalue weighted by Crippen LogP contribution is 2.42. The molecule has 0 aromatic carbocycles. The van der Waals surface area contributed by atoms with Crippen LogP contribution >= 0.6 is 0 Å². The van der Waals surface area contributed by atoms with Gasteiger partial charge in [0, 0.05) is 22.9 Å². The van der Waals surface area contributed by atoms with Crippen molar-refractivity contribution in [3.8, 4) is 6.19 Å². The van der Waals surface area contributed by atoms with E-state index in [4.69, 9.17) is 5.26 Å². The lowest BCUT2D eigenvalue weighted by Crippen LogP contribution is -2.34. The molecule has 1 aromatic rings. The van der Waals surface area contributed by atoms with Gasteiger partial charge < -0.3 is 0 Å². The van der Waals surface area contributed by atoms with Crippen molar-refractivity contribution in [1.82, 2.24) is 9.71 Å². The van der Waals surface area contributed by atoms with Crippen molar-refractivity contribution in [3.05, 3.63) is 29.6 Å². The van der Waals surface area contributed by atoms with Crippen LogP contribution in [0.5, 0.6) is 0 Å². The van der Waals surface area contributed by atoms with Gasteiger partial charge in [0.05, 0.1) is 9.71 Å². The van der Waals surface area contributed by atoms with Gasteiger partial charge in [0.1, 0.15) is 5.69 Å². The minimum absolute atomic E-state index is 0.0898. The van der Waals surface area contributed by atoms with E-state index in [-0.39, 0.29) is 10.4 Å². The Hall–Kier alpha value is -1.89. The average molecular weight is 327 g/mol. The molecule has 0 aliphatic carbocycles. The lowest BCUT2D eigenvalue weighted by molar-refractivity contribution is -0.290. The van der Waals surface area contributed by atoms with Crippen LogP contribution in [0.3, 0.4) is 0 Å². The summed E-state index contributed by atoms with van der Waals surface area (Å²) >= 11 is 0. The van der Waals surface area contributed by atoms with E-state index >= 15 is 0 Å². The summed E-state index contributed by atoms with van der Waals surface area (Å²) in [6.45, 7) is 1.35. The van der Waals surface area contributed by atoms with Crippen LogP contribution in [-0.2, 0) is 15.6 Å². The first-order chi connectivity index (χ1) is 9.43. The highest BCUT2D eigenvalue weighted by molar-refractivity contribution is 8.00. The zero-order chi connectivity index (χ0) is 16.5. The van der Waals surface area contributed by atoms with Crippen LogP contribution in [0.4, 0.5) is 22.0 Å². The van der Waals surface area contributed by atoms with E-state index in [1.807, 2.05) is 4.72 Å². The molecule has 116 valence electrons. The molecule has 1 unspecified atom stereocenters. The van der Waals surface area contributed by atoms with Gasteiger partial charge in [0.15, 0.2) is 6.19 Å². The molecule has 0 aliphatic heterocycles. The maximum absolute atomic E-state index is 13.0. The van der Waals surface area contributed by atoms with Crippen LogP contribution in [0, 0.1) is 11.5 Å². The summed E-state index contributed by atoms with van der Waals surface area (Å²) in [6, 6.07) is 1.45. The van der Waals surface area contributed by atoms with E-state index in [1.165, 1.54) is 19.4 Å². The number of nitriles is 1. The smallest absolute Gasteiger partial charge is 0.254 e. The van der Waals surface area contributed by atoms with Gasteiger partial charge in [-0.3, -0.25) is 4.98 Å². The molecule has 1 atom stereocenters. The Labute approximate surface area is 117 Å². The summed E-state index contributed by atoms with van der Waals surface area (Å²) in [7, 11) is -2.93. The molecule has 1 N–H and O–H groups in total. The second-order valence-electron chi connectivity index (χ2n) is 4.12. The molecular weight excluding hydrogens is 317 g/mol. The molecule has 1 heterocycles. The van der Waals surface area contributed by atoms with Crippen LogP contribution in [-0.4, -0.2) is 26.5 Å². The van der Waals surface area contributed by atoms with E-state index in [0.717, 1.165) is 12.3 Å². The number of alkyl halides is 5. The summed E-state index contributed by atoms with van der Waals surface area (Å²) in [5.74, 6) is -5.07. The van der Waals surface area contributed by atoms with E-state index in [1.54, 1.807) is 0 Å². The van der Waals surface area contributed by atoms with Crippen molar-refractivity contribution < 1.29 is 26.2 Å². The summed E-state index contributed by atoms with van der Waals surface area (Å²) in [6.07, 6.45) is -2.32. The van der Waals surface area contributed by atoms with Gasteiger partial charge in [0.2, 0.25) is 0 Å². The average Bonchev–Trinajstić information content (AvgIpc) is 2.36. The van der Waals surface area contributed by atoms with Gasteiger partial charge in [-0.2, -0.15) is 27.2 Å². The predicted molar refractivity (Wildman–Crippen MR) is 66.8 cm³/mol. The zero-order valence-electron chi connectivity index (χ0n) is 10.8. The SMILES string of the molecule is CC(c1ccc(C(F)(F)C(F)(F)F)nc1)=S(C)(=O)NC#N. The Bertz CT molecular complexity index is 681. The van der Waals surface area contributed by atoms with E-state index in [2.05, 4.69) is 4.98 Å². The van der Waals surface area contributed by atoms with Crippen LogP contribution in [0.1, 0.15) is 18.2 Å². The minimum atomic E-state index is -5.75. The first-order valence-electron chi connectivity index (χ1n) is 5.33. The van der Waals surface area contributed by atoms with Crippen molar-refractivity contribution in [3.63, 3.8) is 0 Å². The molecule has 1 rings (SSSR count). The van der Waals surface area contributed by atoms with Gasteiger partial charge >= 0.3 is 12.1 Å². The fourth-order valence-corrected chi connectivity index (χ4v) is 2.22. The maximum Gasteiger partial charge on any atom is 0.459 e. The van der Waals surface area contributed by atoms with E-state index in [9.17, 15) is 26.2 Å². The molecule has 10 heteroatoms. The summed E-state index contributed by atoms with van der Waals surface area (Å²) in [4.78, 5) is 3.19. The van der Waals surface area contributed by atoms with E-state index < -0.39 is 27.5 Å². The molecule has 0 fully saturated rings. The summed E-state index contributed by atoms with van der Waals surface area (Å²) in [5.41, 5.74) is -1.37. The number of halogens is 5. The topological polar surface area (TPSA) is 65.8 Å². The Morgan fingerprint density at radius 3 is 2.29 bits per heavy atom. The Morgan fingerprint density at radius 1 is 1.33 bits per heavy atom. The van der Waals surface area contributed by atoms with Gasteiger partial charge in [-0.15, -0.1) is 0 Å². The first-order valence-corrected chi connectivity index (χ1v) is 7.30. The normalized spacial score (nSPS) is 15.0. The number of rotatable bonds is 3. The van der Waals surface area contributed by atoms with E-state index in [0.29, 0.717) is 6.07 Å². The number of nitrogens with zero attached hydrogens (tertiary/aromatic N) is 2. The van der Waals surface area contributed by atoms with Gasteiger partial charge in [-0.1, -0.05) is 6.07 Å². The van der Waals surface area contributed by atoms with Crippen LogP contribution in [0.15, 0.2) is 18.3 Å². The maximum atomic E-state index is 13.0. The minimum Gasteiger partial charge on any atom is -0.254 e. The molecule has 0 saturated heterocycles. The quantitative estimate of drug-likeness (QED) is 0.304. The third-order valence-corrected chi connectivity index (χ3v) is 4.56. The van der Waals surface area contributed by atoms with Crippen molar-refractivity contribution in [2.45, 2.75) is 19.0 Å². The lowest BCUT2D eigenvalue weighted by Gasteiger charge is -2.19. The Morgan fingerprint density at radius 2 is 1.90 bits per heavy atom. The summed E-state index contributed by atoms with van der Waals surface area (Å²) < 4.78 is 76.7. The second-order valence-corrected chi connectivity index (χ2v) is 6.62. The molecule has 1 aromatic heterocycles. The van der Waals surface area contributed by atoms with Crippen LogP contribution in [0.2, 0.25) is 0 Å². The van der Waals surface area contributed by atoms with Gasteiger partial charge in [-0.25, -0.2) is 8.93 Å². The van der Waals surface area contributed by atoms with Crippen molar-refractivity contribution in [2.75, 3.05) is 6.26 Å². The molecule has 0 bridgehead atoms. The molecule has 0 aliphatic rings. The molecule has 0 radical (unpaired) electrons. The monoisotopic (exact) mass is 327 g/mol. The molecule has 0 amide bonds. The van der Waals surface area contributed by atoms with Crippen molar-refractivity contribution in [1.29, 1.82) is 5.26 Å². The van der Waals surface area contributed by atoms with Crippen LogP contribution < -0.4 is 4.72 Å². The number of hydrogen-bond acceptors (Lipinski definition) is 3. The Balaban J connectivity index is 3.28. The number of nitrogens with one attached hydrogen (secondary N) is 1. The molecule has 0 spiro atoms. The lowest BCUT2D eigenvalue weighted by atomic mass is 10.1. The Kier molecular flexibility index (Phi) is 4.48. The molecule has 21 heavy (non-hydrogen) atoms. The van der Waals surface area contributed by atoms with Crippen LogP contribution in [0.25, 0.3) is 0 Å². The fourth-order valence-electron chi connectivity index (χ4n) is 1.32. The molecule has 0 saturated carbocycles. The number of aromatic nitrogens is 1. The largest absolute Gasteiger partial charge is 0.459 e. The van der Waals surface area contributed by atoms with Gasteiger partial charge in [0.25, 0.3) is 0 Å². The first kappa shape index (κ1) is 17.2. The van der Waals surface area contributed by atoms with Crippen molar-refractivity contribution >= 4 is 14.6 Å². The summed E-state index contributed by atoms with van der Waals surface area (Å²) in [5, 5.41) is 8.44. The predicted octanol–water partition coefficient (Wildman–Crippen LogP) is 2.18. The number of hydrogen-bond donors (Lipinski definition) is 1. The van der Waals surface area contributed by atoms with Gasteiger partial charge in [-0.05, 0) is 13.0 Å². The fraction of sp³-hybridized carbons (Fsp3) is 0.364. The highest BCUT2D eigenvalue weighted by Gasteiger charge is 2.59. The molecule has 4 nitrogen and oxygen atoms in total. The highest BCUT2D eigenvalue weighted by atomic mass is 32.2. The number of pyridine rings is 1. The zero-order valence-corrected chi connectivity index (χ0v) is 11.6. The third kappa shape index (κ3) is 3.41. The van der Waals surface area contributed by atoms with Crippen molar-refractivity contribution in [2.24, 2.45) is 0 Å².